The lowest BCUT2D eigenvalue weighted by Gasteiger charge is -2.12. The van der Waals surface area contributed by atoms with Gasteiger partial charge in [0.1, 0.15) is 17.2 Å². The van der Waals surface area contributed by atoms with Crippen molar-refractivity contribution < 1.29 is 6.85 Å². The van der Waals surface area contributed by atoms with Gasteiger partial charge in [0.25, 0.3) is 0 Å². The average molecular weight is 546 g/mol. The zero-order chi connectivity index (χ0) is 32.2. The monoisotopic (exact) mass is 545 g/mol. The summed E-state index contributed by atoms with van der Waals surface area (Å²) < 4.78 is 45.2. The molecule has 4 aromatic heterocycles. The van der Waals surface area contributed by atoms with E-state index in [0.717, 1.165) is 33.3 Å². The third kappa shape index (κ3) is 3.97. The summed E-state index contributed by atoms with van der Waals surface area (Å²) in [7, 11) is 0. The van der Waals surface area contributed by atoms with E-state index < -0.39 is 18.1 Å². The lowest BCUT2D eigenvalue weighted by atomic mass is 10.1. The smallest absolute Gasteiger partial charge is 0.187 e. The quantitative estimate of drug-likeness (QED) is 0.219. The maximum Gasteiger partial charge on any atom is 0.187 e. The van der Waals surface area contributed by atoms with Crippen LogP contribution in [0.4, 0.5) is 0 Å². The zero-order valence-electron chi connectivity index (χ0n) is 27.2. The maximum absolute atomic E-state index is 8.47. The first-order chi connectivity index (χ1) is 22.9. The van der Waals surface area contributed by atoms with Crippen LogP contribution in [0.1, 0.15) is 6.85 Å². The van der Waals surface area contributed by atoms with Crippen molar-refractivity contribution in [2.45, 2.75) is 0 Å². The molecule has 0 aliphatic carbocycles. The van der Waals surface area contributed by atoms with Crippen molar-refractivity contribution in [1.29, 1.82) is 0 Å². The molecule has 0 saturated carbocycles. The second-order valence-corrected chi connectivity index (χ2v) is 9.68. The molecule has 6 nitrogen and oxygen atoms in total. The predicted octanol–water partition coefficient (Wildman–Crippen LogP) is 8.16. The van der Waals surface area contributed by atoms with Gasteiger partial charge in [0.2, 0.25) is 0 Å². The number of hydrogen-bond acceptors (Lipinski definition) is 4. The highest BCUT2D eigenvalue weighted by molar-refractivity contribution is 6.09. The number of benzene rings is 4. The van der Waals surface area contributed by atoms with Crippen LogP contribution in [0.3, 0.4) is 0 Å². The van der Waals surface area contributed by atoms with E-state index in [1.807, 2.05) is 77.4 Å². The van der Waals surface area contributed by atoms with E-state index in [9.17, 15) is 0 Å². The third-order valence-electron chi connectivity index (χ3n) is 7.18. The fraction of sp³-hybridized carbons (Fsp3) is 0. The number of rotatable bonds is 5. The first-order valence-electron chi connectivity index (χ1n) is 15.9. The molecule has 0 spiro atoms. The van der Waals surface area contributed by atoms with E-state index in [-0.39, 0.29) is 23.3 Å². The standard InChI is InChI=1S/C36H24N6/c1-3-13-25(14-4-1)29-19-11-20-30(37-29)35-39-40-36(41(35)26-15-5-2-6-16-26)31-21-12-24-34(38-31)42-32-22-9-7-17-27(32)28-18-8-10-23-33(28)42/h1-24H/i1D,3D,4D,13D,14D. The van der Waals surface area contributed by atoms with Gasteiger partial charge in [-0.1, -0.05) is 96.9 Å². The molecule has 0 saturated heterocycles. The lowest BCUT2D eigenvalue weighted by molar-refractivity contribution is 1.03. The number of para-hydroxylation sites is 3. The third-order valence-corrected chi connectivity index (χ3v) is 7.18. The van der Waals surface area contributed by atoms with Gasteiger partial charge in [0.15, 0.2) is 11.6 Å². The summed E-state index contributed by atoms with van der Waals surface area (Å²) in [6.07, 6.45) is 0. The summed E-state index contributed by atoms with van der Waals surface area (Å²) in [5.41, 5.74) is 4.11. The Morgan fingerprint density at radius 1 is 0.476 bits per heavy atom. The van der Waals surface area contributed by atoms with E-state index in [1.54, 1.807) is 18.2 Å². The van der Waals surface area contributed by atoms with Crippen molar-refractivity contribution >= 4 is 21.8 Å². The van der Waals surface area contributed by atoms with Crippen molar-refractivity contribution in [2.24, 2.45) is 0 Å². The van der Waals surface area contributed by atoms with Gasteiger partial charge in [0, 0.05) is 22.0 Å². The second-order valence-electron chi connectivity index (χ2n) is 9.68. The Hall–Kier alpha value is -5.88. The molecule has 0 N–H and O–H groups in total. The van der Waals surface area contributed by atoms with E-state index in [2.05, 4.69) is 39.0 Å². The molecule has 8 rings (SSSR count). The highest BCUT2D eigenvalue weighted by Gasteiger charge is 2.20. The number of hydrogen-bond donors (Lipinski definition) is 0. The predicted molar refractivity (Wildman–Crippen MR) is 168 cm³/mol. The van der Waals surface area contributed by atoms with Crippen LogP contribution < -0.4 is 0 Å². The fourth-order valence-corrected chi connectivity index (χ4v) is 5.36. The molecule has 4 heterocycles. The Kier molecular flexibility index (Phi) is 4.56. The summed E-state index contributed by atoms with van der Waals surface area (Å²) in [5, 5.41) is 11.4. The van der Waals surface area contributed by atoms with Crippen LogP contribution in [-0.4, -0.2) is 29.3 Å². The molecule has 6 heteroatoms. The van der Waals surface area contributed by atoms with Crippen molar-refractivity contribution in [3.05, 3.63) is 145 Å². The van der Waals surface area contributed by atoms with Gasteiger partial charge >= 0.3 is 0 Å². The molecule has 0 aliphatic rings. The summed E-state index contributed by atoms with van der Waals surface area (Å²) in [6, 6.07) is 35.1. The van der Waals surface area contributed by atoms with Gasteiger partial charge in [-0.05, 0) is 48.5 Å². The minimum Gasteiger partial charge on any atom is -0.294 e. The van der Waals surface area contributed by atoms with E-state index in [1.165, 1.54) is 0 Å². The highest BCUT2D eigenvalue weighted by atomic mass is 15.3. The normalized spacial score (nSPS) is 13.0. The molecular formula is C36H24N6. The average Bonchev–Trinajstić information content (AvgIpc) is 3.71. The zero-order valence-corrected chi connectivity index (χ0v) is 22.2. The Morgan fingerprint density at radius 2 is 1.05 bits per heavy atom. The van der Waals surface area contributed by atoms with Gasteiger partial charge in [-0.2, -0.15) is 0 Å². The minimum absolute atomic E-state index is 0.0180. The molecule has 8 aromatic rings. The van der Waals surface area contributed by atoms with Crippen molar-refractivity contribution in [2.75, 3.05) is 0 Å². The number of fused-ring (bicyclic) bond motifs is 3. The largest absolute Gasteiger partial charge is 0.294 e. The molecule has 0 radical (unpaired) electrons. The van der Waals surface area contributed by atoms with Crippen LogP contribution in [0.15, 0.2) is 145 Å². The fourth-order valence-electron chi connectivity index (χ4n) is 5.36. The van der Waals surface area contributed by atoms with Crippen LogP contribution >= 0.6 is 0 Å². The molecule has 0 amide bonds. The van der Waals surface area contributed by atoms with Crippen molar-refractivity contribution in [1.82, 2.24) is 29.3 Å². The SMILES string of the molecule is [2H]c1c([2H])c([2H])c(-c2cccc(-c3nnc(-c4cccc(-n5c6ccccc6c6ccccc65)n4)n3-c3ccccc3)n2)c([2H])c1[2H]. The first kappa shape index (κ1) is 19.2. The molecule has 0 aliphatic heterocycles. The summed E-state index contributed by atoms with van der Waals surface area (Å²) in [5.74, 6) is 1.62. The summed E-state index contributed by atoms with van der Waals surface area (Å²) in [4.78, 5) is 9.86. The van der Waals surface area contributed by atoms with Crippen LogP contribution in [0.25, 0.3) is 67.6 Å². The molecule has 42 heavy (non-hydrogen) atoms. The molecule has 0 bridgehead atoms. The molecule has 0 atom stereocenters. The van der Waals surface area contributed by atoms with Gasteiger partial charge in [-0.25, -0.2) is 9.97 Å². The number of nitrogens with zero attached hydrogens (tertiary/aromatic N) is 6. The summed E-state index contributed by atoms with van der Waals surface area (Å²) >= 11 is 0. The van der Waals surface area contributed by atoms with Crippen LogP contribution in [0.5, 0.6) is 0 Å². The van der Waals surface area contributed by atoms with Gasteiger partial charge in [-0.3, -0.25) is 9.13 Å². The maximum atomic E-state index is 8.47. The Labute approximate surface area is 249 Å². The minimum atomic E-state index is -0.455. The van der Waals surface area contributed by atoms with Gasteiger partial charge in [-0.15, -0.1) is 10.2 Å². The summed E-state index contributed by atoms with van der Waals surface area (Å²) in [6.45, 7) is 0. The van der Waals surface area contributed by atoms with Crippen LogP contribution in [-0.2, 0) is 0 Å². The molecule has 0 fully saturated rings. The number of pyridine rings is 2. The van der Waals surface area contributed by atoms with E-state index in [4.69, 9.17) is 16.8 Å². The Bertz CT molecular complexity index is 2410. The first-order valence-corrected chi connectivity index (χ1v) is 13.4. The van der Waals surface area contributed by atoms with E-state index >= 15 is 0 Å². The van der Waals surface area contributed by atoms with Crippen molar-refractivity contribution in [3.8, 4) is 45.8 Å². The molecule has 4 aromatic carbocycles. The van der Waals surface area contributed by atoms with Gasteiger partial charge in [0.05, 0.1) is 23.6 Å². The van der Waals surface area contributed by atoms with Gasteiger partial charge < -0.3 is 0 Å². The molecule has 198 valence electrons. The molecule has 0 unspecified atom stereocenters. The lowest BCUT2D eigenvalue weighted by Crippen LogP contribution is -2.04. The van der Waals surface area contributed by atoms with E-state index in [0.29, 0.717) is 23.0 Å². The Balaban J connectivity index is 1.31. The molecular weight excluding hydrogens is 516 g/mol. The second kappa shape index (κ2) is 9.94. The topological polar surface area (TPSA) is 61.4 Å². The van der Waals surface area contributed by atoms with Crippen molar-refractivity contribution in [3.63, 3.8) is 0 Å². The Morgan fingerprint density at radius 3 is 1.74 bits per heavy atom. The van der Waals surface area contributed by atoms with Crippen LogP contribution in [0, 0.1) is 0 Å². The highest BCUT2D eigenvalue weighted by Crippen LogP contribution is 2.33. The van der Waals surface area contributed by atoms with Crippen LogP contribution in [0.2, 0.25) is 0 Å². The number of aromatic nitrogens is 6.